The molecule has 0 saturated heterocycles. The summed E-state index contributed by atoms with van der Waals surface area (Å²) >= 11 is 0. The molecule has 0 saturated carbocycles. The van der Waals surface area contributed by atoms with Crippen LogP contribution in [0, 0.1) is 0 Å². The van der Waals surface area contributed by atoms with Crippen molar-refractivity contribution in [3.8, 4) is 0 Å². The van der Waals surface area contributed by atoms with E-state index in [-0.39, 0.29) is 44.7 Å². The van der Waals surface area contributed by atoms with E-state index in [1.807, 2.05) is 0 Å². The predicted molar refractivity (Wildman–Crippen MR) is 102 cm³/mol. The molecule has 14 heteroatoms. The number of nitrogens with one attached hydrogen (secondary N) is 3. The quantitative estimate of drug-likeness (QED) is 0.0768. The zero-order chi connectivity index (χ0) is 22.4. The highest BCUT2D eigenvalue weighted by Gasteiger charge is 2.26. The first-order valence-electron chi connectivity index (χ1n) is 8.69. The maximum Gasteiger partial charge on any atom is 0.326 e. The predicted octanol–water partition coefficient (Wildman–Crippen LogP) is -4.57. The van der Waals surface area contributed by atoms with Gasteiger partial charge in [-0.1, -0.05) is 0 Å². The summed E-state index contributed by atoms with van der Waals surface area (Å²) in [5, 5.41) is 16.1. The highest BCUT2D eigenvalue weighted by atomic mass is 16.4. The van der Waals surface area contributed by atoms with Gasteiger partial charge in [-0.3, -0.25) is 24.2 Å². The molecule has 29 heavy (non-hydrogen) atoms. The van der Waals surface area contributed by atoms with Crippen molar-refractivity contribution in [2.45, 2.75) is 37.8 Å². The molecule has 12 N–H and O–H groups in total. The van der Waals surface area contributed by atoms with Crippen LogP contribution in [0.2, 0.25) is 0 Å². The average molecular weight is 416 g/mol. The average Bonchev–Trinajstić information content (AvgIpc) is 2.64. The van der Waals surface area contributed by atoms with Crippen molar-refractivity contribution >= 4 is 35.6 Å². The molecule has 0 radical (unpaired) electrons. The molecule has 0 bridgehead atoms. The van der Waals surface area contributed by atoms with Gasteiger partial charge in [0.05, 0.1) is 13.1 Å². The molecular formula is C15H28N8O6. The van der Waals surface area contributed by atoms with Gasteiger partial charge in [-0.25, -0.2) is 4.79 Å². The fourth-order valence-electron chi connectivity index (χ4n) is 2.09. The lowest BCUT2D eigenvalue weighted by molar-refractivity contribution is -0.142. The Balaban J connectivity index is 4.93. The molecule has 0 aliphatic carbocycles. The summed E-state index contributed by atoms with van der Waals surface area (Å²) in [4.78, 5) is 61.5. The minimum absolute atomic E-state index is 0.0287. The molecule has 0 aromatic heterocycles. The summed E-state index contributed by atoms with van der Waals surface area (Å²) in [6.45, 7) is -0.596. The summed E-state index contributed by atoms with van der Waals surface area (Å²) in [6.07, 6.45) is -0.0761. The largest absolute Gasteiger partial charge is 0.480 e. The molecule has 0 heterocycles. The van der Waals surface area contributed by atoms with E-state index in [2.05, 4.69) is 20.9 Å². The lowest BCUT2D eigenvalue weighted by atomic mass is 10.1. The number of hydrogen-bond donors (Lipinski definition) is 8. The van der Waals surface area contributed by atoms with Crippen LogP contribution in [0.5, 0.6) is 0 Å². The molecule has 164 valence electrons. The van der Waals surface area contributed by atoms with E-state index in [4.69, 9.17) is 22.9 Å². The monoisotopic (exact) mass is 416 g/mol. The van der Waals surface area contributed by atoms with Crippen LogP contribution in [-0.4, -0.2) is 72.4 Å². The molecule has 2 unspecified atom stereocenters. The van der Waals surface area contributed by atoms with Gasteiger partial charge in [0.25, 0.3) is 0 Å². The van der Waals surface area contributed by atoms with Crippen LogP contribution < -0.4 is 38.9 Å². The number of carbonyl (C=O) groups excluding carboxylic acids is 4. The maximum atomic E-state index is 12.4. The van der Waals surface area contributed by atoms with Gasteiger partial charge in [0.2, 0.25) is 23.6 Å². The summed E-state index contributed by atoms with van der Waals surface area (Å²) in [5.74, 6) is -4.27. The van der Waals surface area contributed by atoms with Gasteiger partial charge >= 0.3 is 5.97 Å². The Morgan fingerprint density at radius 3 is 2.10 bits per heavy atom. The van der Waals surface area contributed by atoms with E-state index in [1.54, 1.807) is 0 Å². The SMILES string of the molecule is NCC(=O)NCC(=O)NC(CCC(N)=O)C(=O)NC(CCCN=C(N)N)C(=O)O. The highest BCUT2D eigenvalue weighted by Crippen LogP contribution is 2.03. The fraction of sp³-hybridized carbons (Fsp3) is 0.600. The number of rotatable bonds is 14. The molecule has 14 nitrogen and oxygen atoms in total. The number of primary amides is 1. The number of guanidine groups is 1. The number of hydrogen-bond acceptors (Lipinski definition) is 7. The van der Waals surface area contributed by atoms with Crippen molar-refractivity contribution in [3.05, 3.63) is 0 Å². The van der Waals surface area contributed by atoms with Crippen LogP contribution in [-0.2, 0) is 24.0 Å². The highest BCUT2D eigenvalue weighted by molar-refractivity contribution is 5.92. The maximum absolute atomic E-state index is 12.4. The van der Waals surface area contributed by atoms with E-state index in [0.717, 1.165) is 0 Å². The van der Waals surface area contributed by atoms with Gasteiger partial charge in [0, 0.05) is 13.0 Å². The van der Waals surface area contributed by atoms with Gasteiger partial charge in [-0.15, -0.1) is 0 Å². The van der Waals surface area contributed by atoms with Crippen molar-refractivity contribution in [1.29, 1.82) is 0 Å². The molecule has 0 fully saturated rings. The number of carbonyl (C=O) groups is 5. The zero-order valence-corrected chi connectivity index (χ0v) is 15.8. The van der Waals surface area contributed by atoms with Gasteiger partial charge in [-0.05, 0) is 19.3 Å². The Bertz CT molecular complexity index is 634. The first-order chi connectivity index (χ1) is 13.6. The number of amides is 4. The summed E-state index contributed by atoms with van der Waals surface area (Å²) in [6, 6.07) is -2.49. The second-order valence-electron chi connectivity index (χ2n) is 5.95. The van der Waals surface area contributed by atoms with Crippen LogP contribution in [0.4, 0.5) is 0 Å². The molecule has 0 aromatic rings. The zero-order valence-electron chi connectivity index (χ0n) is 15.8. The fourth-order valence-corrected chi connectivity index (χ4v) is 2.09. The van der Waals surface area contributed by atoms with Gasteiger partial charge in [0.1, 0.15) is 12.1 Å². The van der Waals surface area contributed by atoms with Gasteiger partial charge in [-0.2, -0.15) is 0 Å². The first kappa shape index (κ1) is 25.6. The Labute approximate surface area is 166 Å². The molecular weight excluding hydrogens is 388 g/mol. The summed E-state index contributed by atoms with van der Waals surface area (Å²) in [5.41, 5.74) is 20.5. The molecule has 0 spiro atoms. The molecule has 0 aliphatic rings. The Morgan fingerprint density at radius 1 is 0.931 bits per heavy atom. The summed E-state index contributed by atoms with van der Waals surface area (Å²) < 4.78 is 0. The standard InChI is InChI=1S/C15H28N8O6/c16-6-11(25)21-7-12(26)22-8(3-4-10(17)24)13(27)23-9(14(28)29)2-1-5-20-15(18)19/h8-9H,1-7,16H2,(H2,17,24)(H,21,25)(H,22,26)(H,23,27)(H,28,29)(H4,18,19,20). The third-order valence-corrected chi connectivity index (χ3v) is 3.52. The molecule has 0 aliphatic heterocycles. The smallest absolute Gasteiger partial charge is 0.326 e. The van der Waals surface area contributed by atoms with Gasteiger partial charge < -0.3 is 44.0 Å². The third-order valence-electron chi connectivity index (χ3n) is 3.52. The van der Waals surface area contributed by atoms with E-state index >= 15 is 0 Å². The van der Waals surface area contributed by atoms with E-state index < -0.39 is 48.2 Å². The van der Waals surface area contributed by atoms with Crippen molar-refractivity contribution in [2.24, 2.45) is 27.9 Å². The number of nitrogens with two attached hydrogens (primary N) is 4. The molecule has 4 amide bonds. The van der Waals surface area contributed by atoms with E-state index in [1.165, 1.54) is 0 Å². The van der Waals surface area contributed by atoms with E-state index in [0.29, 0.717) is 0 Å². The molecule has 2 atom stereocenters. The Kier molecular flexibility index (Phi) is 12.1. The minimum Gasteiger partial charge on any atom is -0.480 e. The Hall–Kier alpha value is -3.42. The van der Waals surface area contributed by atoms with Crippen LogP contribution in [0.1, 0.15) is 25.7 Å². The van der Waals surface area contributed by atoms with Crippen LogP contribution >= 0.6 is 0 Å². The molecule has 0 rings (SSSR count). The number of aliphatic carboxylic acids is 1. The van der Waals surface area contributed by atoms with E-state index in [9.17, 15) is 29.1 Å². The normalized spacial score (nSPS) is 12.2. The van der Waals surface area contributed by atoms with Crippen LogP contribution in [0.15, 0.2) is 4.99 Å². The number of aliphatic imine (C=N–C) groups is 1. The number of nitrogens with zero attached hydrogens (tertiary/aromatic N) is 1. The second kappa shape index (κ2) is 13.7. The Morgan fingerprint density at radius 2 is 1.59 bits per heavy atom. The second-order valence-corrected chi connectivity index (χ2v) is 5.95. The lowest BCUT2D eigenvalue weighted by Crippen LogP contribution is -2.53. The van der Waals surface area contributed by atoms with Crippen LogP contribution in [0.3, 0.4) is 0 Å². The third kappa shape index (κ3) is 12.6. The molecule has 0 aromatic carbocycles. The van der Waals surface area contributed by atoms with Crippen molar-refractivity contribution in [3.63, 3.8) is 0 Å². The van der Waals surface area contributed by atoms with Gasteiger partial charge in [0.15, 0.2) is 5.96 Å². The first-order valence-corrected chi connectivity index (χ1v) is 8.69. The van der Waals surface area contributed by atoms with Crippen LogP contribution in [0.25, 0.3) is 0 Å². The summed E-state index contributed by atoms with van der Waals surface area (Å²) in [7, 11) is 0. The number of carboxylic acids is 1. The van der Waals surface area contributed by atoms with Crippen molar-refractivity contribution in [2.75, 3.05) is 19.6 Å². The number of carboxylic acid groups (broad SMARTS) is 1. The van der Waals surface area contributed by atoms with Crippen molar-refractivity contribution < 1.29 is 29.1 Å². The minimum atomic E-state index is -1.29. The van der Waals surface area contributed by atoms with Crippen molar-refractivity contribution in [1.82, 2.24) is 16.0 Å². The lowest BCUT2D eigenvalue weighted by Gasteiger charge is -2.21. The topological polar surface area (TPSA) is 258 Å².